The standard InChI is InChI=1S/C32H37Cl2N3O4S/c1-22-17-18-30(23(2)19-22)37(42(40,41)26-13-8-5-9-14-26)21-31(38)36(20-27-28(33)15-10-16-29(27)34)24(3)32(39)35-25-11-6-4-7-12-25/h5,8-10,13-19,24-25H,4,6-7,11-12,20-21H2,1-3H3,(H,35,39). The fraction of sp³-hybridized carbons (Fsp3) is 0.375. The number of carbonyl (C=O) groups is 2. The minimum absolute atomic E-state index is 0.0414. The lowest BCUT2D eigenvalue weighted by atomic mass is 9.95. The molecular weight excluding hydrogens is 593 g/mol. The number of amides is 2. The maximum Gasteiger partial charge on any atom is 0.264 e. The van der Waals surface area contributed by atoms with E-state index < -0.39 is 28.5 Å². The van der Waals surface area contributed by atoms with E-state index >= 15 is 0 Å². The number of carbonyl (C=O) groups excluding carboxylic acids is 2. The molecule has 1 atom stereocenters. The molecule has 1 unspecified atom stereocenters. The minimum Gasteiger partial charge on any atom is -0.352 e. The summed E-state index contributed by atoms with van der Waals surface area (Å²) in [5.41, 5.74) is 2.53. The summed E-state index contributed by atoms with van der Waals surface area (Å²) in [5.74, 6) is -0.862. The fourth-order valence-electron chi connectivity index (χ4n) is 5.32. The Labute approximate surface area is 258 Å². The lowest BCUT2D eigenvalue weighted by molar-refractivity contribution is -0.139. The monoisotopic (exact) mass is 629 g/mol. The van der Waals surface area contributed by atoms with Crippen molar-refractivity contribution in [3.63, 3.8) is 0 Å². The topological polar surface area (TPSA) is 86.8 Å². The summed E-state index contributed by atoms with van der Waals surface area (Å²) < 4.78 is 29.1. The van der Waals surface area contributed by atoms with Gasteiger partial charge in [0.15, 0.2) is 0 Å². The predicted molar refractivity (Wildman–Crippen MR) is 168 cm³/mol. The van der Waals surface area contributed by atoms with Crippen LogP contribution in [0, 0.1) is 13.8 Å². The Morgan fingerprint density at radius 2 is 1.57 bits per heavy atom. The van der Waals surface area contributed by atoms with Gasteiger partial charge in [0.2, 0.25) is 11.8 Å². The van der Waals surface area contributed by atoms with Crippen LogP contribution in [0.15, 0.2) is 71.6 Å². The van der Waals surface area contributed by atoms with Crippen molar-refractivity contribution in [2.45, 2.75) is 76.4 Å². The van der Waals surface area contributed by atoms with E-state index in [1.54, 1.807) is 49.4 Å². The molecular formula is C32H37Cl2N3O4S. The largest absolute Gasteiger partial charge is 0.352 e. The number of anilines is 1. The molecule has 1 saturated carbocycles. The molecule has 0 spiro atoms. The highest BCUT2D eigenvalue weighted by Crippen LogP contribution is 2.30. The zero-order chi connectivity index (χ0) is 30.4. The average molecular weight is 631 g/mol. The smallest absolute Gasteiger partial charge is 0.264 e. The summed E-state index contributed by atoms with van der Waals surface area (Å²) in [4.78, 5) is 29.1. The zero-order valence-electron chi connectivity index (χ0n) is 24.1. The summed E-state index contributed by atoms with van der Waals surface area (Å²) in [5, 5.41) is 3.80. The van der Waals surface area contributed by atoms with E-state index in [2.05, 4.69) is 5.32 Å². The number of halogens is 2. The van der Waals surface area contributed by atoms with Crippen LogP contribution in [0.4, 0.5) is 5.69 Å². The first kappa shape index (κ1) is 31.9. The Balaban J connectivity index is 1.72. The quantitative estimate of drug-likeness (QED) is 0.271. The number of nitrogens with zero attached hydrogens (tertiary/aromatic N) is 2. The Morgan fingerprint density at radius 1 is 0.929 bits per heavy atom. The second-order valence-corrected chi connectivity index (χ2v) is 13.5. The van der Waals surface area contributed by atoms with Crippen LogP contribution in [0.25, 0.3) is 0 Å². The second kappa shape index (κ2) is 13.9. The summed E-state index contributed by atoms with van der Waals surface area (Å²) in [6.07, 6.45) is 5.00. The van der Waals surface area contributed by atoms with E-state index in [9.17, 15) is 18.0 Å². The fourth-order valence-corrected chi connectivity index (χ4v) is 7.34. The minimum atomic E-state index is -4.14. The second-order valence-electron chi connectivity index (χ2n) is 10.9. The van der Waals surface area contributed by atoms with Gasteiger partial charge in [0.1, 0.15) is 12.6 Å². The number of aryl methyl sites for hydroxylation is 2. The third-order valence-electron chi connectivity index (χ3n) is 7.74. The molecule has 1 aliphatic rings. The van der Waals surface area contributed by atoms with Gasteiger partial charge in [-0.1, -0.05) is 84.4 Å². The molecule has 0 saturated heterocycles. The predicted octanol–water partition coefficient (Wildman–Crippen LogP) is 6.67. The van der Waals surface area contributed by atoms with E-state index in [0.29, 0.717) is 26.9 Å². The molecule has 0 radical (unpaired) electrons. The molecule has 1 aliphatic carbocycles. The Morgan fingerprint density at radius 3 is 2.19 bits per heavy atom. The van der Waals surface area contributed by atoms with Crippen LogP contribution in [0.3, 0.4) is 0 Å². The van der Waals surface area contributed by atoms with Crippen LogP contribution in [-0.2, 0) is 26.2 Å². The molecule has 3 aromatic carbocycles. The van der Waals surface area contributed by atoms with Gasteiger partial charge in [-0.15, -0.1) is 0 Å². The van der Waals surface area contributed by atoms with E-state index in [-0.39, 0.29) is 23.4 Å². The number of nitrogens with one attached hydrogen (secondary N) is 1. The SMILES string of the molecule is Cc1ccc(N(CC(=O)N(Cc2c(Cl)cccc2Cl)C(C)C(=O)NC2CCCCC2)S(=O)(=O)c2ccccc2)c(C)c1. The Kier molecular flexibility index (Phi) is 10.6. The molecule has 0 aliphatic heterocycles. The van der Waals surface area contributed by atoms with Crippen LogP contribution in [0.1, 0.15) is 55.7 Å². The Bertz CT molecular complexity index is 1510. The van der Waals surface area contributed by atoms with Gasteiger partial charge in [0, 0.05) is 28.2 Å². The highest BCUT2D eigenvalue weighted by molar-refractivity contribution is 7.92. The van der Waals surface area contributed by atoms with Gasteiger partial charge in [-0.05, 0) is 69.5 Å². The number of benzene rings is 3. The molecule has 0 bridgehead atoms. The van der Waals surface area contributed by atoms with Gasteiger partial charge < -0.3 is 10.2 Å². The van der Waals surface area contributed by atoms with Crippen molar-refractivity contribution in [2.24, 2.45) is 0 Å². The third kappa shape index (κ3) is 7.46. The Hall–Kier alpha value is -3.07. The molecule has 2 amide bonds. The van der Waals surface area contributed by atoms with Gasteiger partial charge in [0.05, 0.1) is 10.6 Å². The first-order valence-corrected chi connectivity index (χ1v) is 16.4. The summed E-state index contributed by atoms with van der Waals surface area (Å²) >= 11 is 13.0. The van der Waals surface area contributed by atoms with Crippen molar-refractivity contribution in [1.29, 1.82) is 0 Å². The van der Waals surface area contributed by atoms with Gasteiger partial charge in [0.25, 0.3) is 10.0 Å². The van der Waals surface area contributed by atoms with Crippen molar-refractivity contribution in [3.05, 3.63) is 93.5 Å². The number of sulfonamides is 1. The maximum atomic E-state index is 14.2. The number of rotatable bonds is 10. The third-order valence-corrected chi connectivity index (χ3v) is 10.2. The number of hydrogen-bond donors (Lipinski definition) is 1. The summed E-state index contributed by atoms with van der Waals surface area (Å²) in [6, 6.07) is 17.5. The van der Waals surface area contributed by atoms with E-state index in [4.69, 9.17) is 23.2 Å². The molecule has 10 heteroatoms. The first-order valence-electron chi connectivity index (χ1n) is 14.2. The van der Waals surface area contributed by atoms with Gasteiger partial charge in [-0.3, -0.25) is 13.9 Å². The van der Waals surface area contributed by atoms with E-state index in [1.807, 2.05) is 26.0 Å². The normalized spacial score (nSPS) is 14.7. The van der Waals surface area contributed by atoms with Crippen LogP contribution < -0.4 is 9.62 Å². The molecule has 0 aromatic heterocycles. The van der Waals surface area contributed by atoms with Crippen LogP contribution in [-0.4, -0.2) is 43.8 Å². The van der Waals surface area contributed by atoms with Crippen LogP contribution in [0.2, 0.25) is 10.0 Å². The lowest BCUT2D eigenvalue weighted by Crippen LogP contribution is -2.53. The first-order chi connectivity index (χ1) is 20.0. The maximum absolute atomic E-state index is 14.2. The molecule has 7 nitrogen and oxygen atoms in total. The van der Waals surface area contributed by atoms with E-state index in [0.717, 1.165) is 42.0 Å². The molecule has 42 heavy (non-hydrogen) atoms. The van der Waals surface area contributed by atoms with E-state index in [1.165, 1.54) is 17.0 Å². The van der Waals surface area contributed by atoms with Crippen molar-refractivity contribution in [3.8, 4) is 0 Å². The summed E-state index contributed by atoms with van der Waals surface area (Å²) in [6.45, 7) is 4.78. The van der Waals surface area contributed by atoms with Crippen molar-refractivity contribution < 1.29 is 18.0 Å². The van der Waals surface area contributed by atoms with Crippen LogP contribution in [0.5, 0.6) is 0 Å². The highest BCUT2D eigenvalue weighted by atomic mass is 35.5. The van der Waals surface area contributed by atoms with Gasteiger partial charge >= 0.3 is 0 Å². The average Bonchev–Trinajstić information content (AvgIpc) is 2.96. The molecule has 224 valence electrons. The molecule has 1 N–H and O–H groups in total. The summed E-state index contributed by atoms with van der Waals surface area (Å²) in [7, 11) is -4.14. The van der Waals surface area contributed by atoms with Crippen molar-refractivity contribution in [1.82, 2.24) is 10.2 Å². The van der Waals surface area contributed by atoms with Crippen LogP contribution >= 0.6 is 23.2 Å². The molecule has 0 heterocycles. The molecule has 1 fully saturated rings. The van der Waals surface area contributed by atoms with Crippen molar-refractivity contribution in [2.75, 3.05) is 10.8 Å². The van der Waals surface area contributed by atoms with Gasteiger partial charge in [-0.25, -0.2) is 8.42 Å². The zero-order valence-corrected chi connectivity index (χ0v) is 26.5. The highest BCUT2D eigenvalue weighted by Gasteiger charge is 2.34. The van der Waals surface area contributed by atoms with Gasteiger partial charge in [-0.2, -0.15) is 0 Å². The lowest BCUT2D eigenvalue weighted by Gasteiger charge is -2.34. The molecule has 3 aromatic rings. The molecule has 4 rings (SSSR count). The number of hydrogen-bond acceptors (Lipinski definition) is 4. The van der Waals surface area contributed by atoms with Crippen molar-refractivity contribution >= 4 is 50.7 Å².